The van der Waals surface area contributed by atoms with Crippen molar-refractivity contribution in [1.82, 2.24) is 4.90 Å². The van der Waals surface area contributed by atoms with Crippen LogP contribution in [0.5, 0.6) is 0 Å². The van der Waals surface area contributed by atoms with Gasteiger partial charge in [-0.1, -0.05) is 42.7 Å². The van der Waals surface area contributed by atoms with Crippen LogP contribution in [0.4, 0.5) is 0 Å². The van der Waals surface area contributed by atoms with Gasteiger partial charge in [0.1, 0.15) is 0 Å². The van der Waals surface area contributed by atoms with Crippen LogP contribution >= 0.6 is 12.4 Å². The second-order valence-corrected chi connectivity index (χ2v) is 5.60. The number of aryl methyl sites for hydroxylation is 1. The standard InChI is InChI=1S/C16H24N2O.ClH/c1-12-7-6-8-14(11-12)15-9-4-3-5-10-18(15)16(19)13(2)17;/h6-8,11,13,15H,3-5,9-10,17H2,1-2H3;1H/t13-,15?;/m0./s1. The van der Waals surface area contributed by atoms with Crippen molar-refractivity contribution in [3.05, 3.63) is 35.4 Å². The van der Waals surface area contributed by atoms with Crippen molar-refractivity contribution in [3.63, 3.8) is 0 Å². The van der Waals surface area contributed by atoms with Crippen LogP contribution in [-0.2, 0) is 4.79 Å². The van der Waals surface area contributed by atoms with Gasteiger partial charge in [0.15, 0.2) is 0 Å². The monoisotopic (exact) mass is 296 g/mol. The molecule has 1 amide bonds. The lowest BCUT2D eigenvalue weighted by molar-refractivity contribution is -0.134. The van der Waals surface area contributed by atoms with Crippen LogP contribution in [0.15, 0.2) is 24.3 Å². The number of likely N-dealkylation sites (tertiary alicyclic amines) is 1. The van der Waals surface area contributed by atoms with Crippen LogP contribution in [0.1, 0.15) is 49.8 Å². The number of nitrogens with zero attached hydrogens (tertiary/aromatic N) is 1. The lowest BCUT2D eigenvalue weighted by Crippen LogP contribution is -2.44. The van der Waals surface area contributed by atoms with E-state index in [0.29, 0.717) is 0 Å². The van der Waals surface area contributed by atoms with E-state index in [0.717, 1.165) is 19.4 Å². The molecule has 0 aromatic heterocycles. The van der Waals surface area contributed by atoms with E-state index < -0.39 is 6.04 Å². The minimum absolute atomic E-state index is 0. The van der Waals surface area contributed by atoms with E-state index in [1.54, 1.807) is 6.92 Å². The normalized spacial score (nSPS) is 20.8. The summed E-state index contributed by atoms with van der Waals surface area (Å²) in [7, 11) is 0. The molecule has 2 rings (SSSR count). The van der Waals surface area contributed by atoms with Gasteiger partial charge in [0, 0.05) is 6.54 Å². The summed E-state index contributed by atoms with van der Waals surface area (Å²) < 4.78 is 0. The maximum atomic E-state index is 12.3. The minimum Gasteiger partial charge on any atom is -0.334 e. The molecule has 1 aliphatic rings. The zero-order valence-corrected chi connectivity index (χ0v) is 13.2. The molecular weight excluding hydrogens is 272 g/mol. The minimum atomic E-state index is -0.412. The first-order chi connectivity index (χ1) is 9.09. The van der Waals surface area contributed by atoms with Gasteiger partial charge in [-0.25, -0.2) is 0 Å². The Kier molecular flexibility index (Phi) is 6.50. The third-order valence-corrected chi connectivity index (χ3v) is 3.85. The SMILES string of the molecule is Cc1cccc(C2CCCCCN2C(=O)[C@H](C)N)c1.Cl. The molecule has 0 aliphatic carbocycles. The molecule has 0 saturated carbocycles. The summed E-state index contributed by atoms with van der Waals surface area (Å²) in [6.45, 7) is 4.71. The summed E-state index contributed by atoms with van der Waals surface area (Å²) in [5.74, 6) is 0.0772. The summed E-state index contributed by atoms with van der Waals surface area (Å²) in [4.78, 5) is 14.3. The lowest BCUT2D eigenvalue weighted by Gasteiger charge is -2.32. The number of hydrogen-bond acceptors (Lipinski definition) is 2. The Balaban J connectivity index is 0.00000200. The van der Waals surface area contributed by atoms with Crippen LogP contribution in [-0.4, -0.2) is 23.4 Å². The smallest absolute Gasteiger partial charge is 0.239 e. The lowest BCUT2D eigenvalue weighted by atomic mass is 9.98. The van der Waals surface area contributed by atoms with Crippen molar-refractivity contribution in [3.8, 4) is 0 Å². The molecule has 112 valence electrons. The maximum Gasteiger partial charge on any atom is 0.239 e. The summed E-state index contributed by atoms with van der Waals surface area (Å²) in [6, 6.07) is 8.27. The summed E-state index contributed by atoms with van der Waals surface area (Å²) >= 11 is 0. The highest BCUT2D eigenvalue weighted by molar-refractivity contribution is 5.85. The predicted molar refractivity (Wildman–Crippen MR) is 85.0 cm³/mol. The first-order valence-corrected chi connectivity index (χ1v) is 7.22. The van der Waals surface area contributed by atoms with E-state index in [9.17, 15) is 4.79 Å². The van der Waals surface area contributed by atoms with Crippen LogP contribution in [0.2, 0.25) is 0 Å². The molecule has 20 heavy (non-hydrogen) atoms. The van der Waals surface area contributed by atoms with Gasteiger partial charge in [-0.2, -0.15) is 0 Å². The molecule has 2 N–H and O–H groups in total. The number of rotatable bonds is 2. The Bertz CT molecular complexity index is 448. The molecule has 0 spiro atoms. The Hall–Kier alpha value is -1.06. The molecule has 1 aliphatic heterocycles. The fourth-order valence-electron chi connectivity index (χ4n) is 2.86. The molecule has 2 atom stereocenters. The molecule has 1 unspecified atom stereocenters. The molecule has 1 aromatic rings. The zero-order valence-electron chi connectivity index (χ0n) is 12.3. The highest BCUT2D eigenvalue weighted by atomic mass is 35.5. The average Bonchev–Trinajstić information content (AvgIpc) is 2.63. The van der Waals surface area contributed by atoms with Crippen molar-refractivity contribution in [2.24, 2.45) is 5.73 Å². The van der Waals surface area contributed by atoms with E-state index in [2.05, 4.69) is 31.2 Å². The summed E-state index contributed by atoms with van der Waals surface area (Å²) in [5.41, 5.74) is 8.29. The van der Waals surface area contributed by atoms with Gasteiger partial charge in [0.25, 0.3) is 0 Å². The first kappa shape index (κ1) is 17.0. The van der Waals surface area contributed by atoms with Crippen LogP contribution < -0.4 is 5.73 Å². The predicted octanol–water partition coefficient (Wildman–Crippen LogP) is 3.21. The van der Waals surface area contributed by atoms with Crippen LogP contribution in [0, 0.1) is 6.92 Å². The van der Waals surface area contributed by atoms with Crippen LogP contribution in [0.3, 0.4) is 0 Å². The molecular formula is C16H25ClN2O. The van der Waals surface area contributed by atoms with Gasteiger partial charge in [0.05, 0.1) is 12.1 Å². The van der Waals surface area contributed by atoms with Crippen molar-refractivity contribution in [2.45, 2.75) is 51.6 Å². The molecule has 1 fully saturated rings. The average molecular weight is 297 g/mol. The molecule has 1 saturated heterocycles. The van der Waals surface area contributed by atoms with Crippen molar-refractivity contribution >= 4 is 18.3 Å². The van der Waals surface area contributed by atoms with Crippen molar-refractivity contribution < 1.29 is 4.79 Å². The van der Waals surface area contributed by atoms with E-state index in [4.69, 9.17) is 5.73 Å². The highest BCUT2D eigenvalue weighted by Gasteiger charge is 2.28. The Morgan fingerprint density at radius 2 is 2.10 bits per heavy atom. The number of amides is 1. The Morgan fingerprint density at radius 3 is 2.75 bits per heavy atom. The van der Waals surface area contributed by atoms with Gasteiger partial charge >= 0.3 is 0 Å². The van der Waals surface area contributed by atoms with E-state index in [1.165, 1.54) is 24.0 Å². The number of halogens is 1. The molecule has 0 radical (unpaired) electrons. The third kappa shape index (κ3) is 3.97. The molecule has 0 bridgehead atoms. The van der Waals surface area contributed by atoms with Crippen molar-refractivity contribution in [2.75, 3.05) is 6.54 Å². The topological polar surface area (TPSA) is 46.3 Å². The second kappa shape index (κ2) is 7.65. The van der Waals surface area contributed by atoms with E-state index >= 15 is 0 Å². The van der Waals surface area contributed by atoms with Gasteiger partial charge in [-0.15, -0.1) is 12.4 Å². The number of hydrogen-bond donors (Lipinski definition) is 1. The van der Waals surface area contributed by atoms with E-state index in [1.807, 2.05) is 4.90 Å². The largest absolute Gasteiger partial charge is 0.334 e. The number of carbonyl (C=O) groups excluding carboxylic acids is 1. The van der Waals surface area contributed by atoms with Gasteiger partial charge < -0.3 is 10.6 Å². The van der Waals surface area contributed by atoms with Gasteiger partial charge in [0.2, 0.25) is 5.91 Å². The quantitative estimate of drug-likeness (QED) is 0.911. The summed E-state index contributed by atoms with van der Waals surface area (Å²) in [6.07, 6.45) is 4.51. The van der Waals surface area contributed by atoms with Crippen molar-refractivity contribution in [1.29, 1.82) is 0 Å². The number of carbonyl (C=O) groups is 1. The fraction of sp³-hybridized carbons (Fsp3) is 0.562. The van der Waals surface area contributed by atoms with Gasteiger partial charge in [-0.05, 0) is 32.3 Å². The third-order valence-electron chi connectivity index (χ3n) is 3.85. The number of benzene rings is 1. The maximum absolute atomic E-state index is 12.3. The van der Waals surface area contributed by atoms with E-state index in [-0.39, 0.29) is 24.4 Å². The van der Waals surface area contributed by atoms with Crippen LogP contribution in [0.25, 0.3) is 0 Å². The number of nitrogens with two attached hydrogens (primary N) is 1. The first-order valence-electron chi connectivity index (χ1n) is 7.22. The fourth-order valence-corrected chi connectivity index (χ4v) is 2.86. The van der Waals surface area contributed by atoms with Gasteiger partial charge in [-0.3, -0.25) is 4.79 Å². The molecule has 3 nitrogen and oxygen atoms in total. The molecule has 4 heteroatoms. The Morgan fingerprint density at radius 1 is 1.35 bits per heavy atom. The Labute approximate surface area is 127 Å². The molecule has 1 heterocycles. The molecule has 1 aromatic carbocycles. The summed E-state index contributed by atoms with van der Waals surface area (Å²) in [5, 5.41) is 0. The zero-order chi connectivity index (χ0) is 13.8. The second-order valence-electron chi connectivity index (χ2n) is 5.60. The highest BCUT2D eigenvalue weighted by Crippen LogP contribution is 2.30.